The SMILES string of the molecule is CN(CC1COC1)C(C)(C)C. The van der Waals surface area contributed by atoms with Gasteiger partial charge in [0, 0.05) is 18.0 Å². The van der Waals surface area contributed by atoms with Gasteiger partial charge in [-0.1, -0.05) is 0 Å². The average Bonchev–Trinajstić information content (AvgIpc) is 1.75. The van der Waals surface area contributed by atoms with Gasteiger partial charge in [0.25, 0.3) is 0 Å². The van der Waals surface area contributed by atoms with Crippen molar-refractivity contribution in [3.05, 3.63) is 0 Å². The summed E-state index contributed by atoms with van der Waals surface area (Å²) in [5.74, 6) is 0.777. The van der Waals surface area contributed by atoms with E-state index in [1.54, 1.807) is 0 Å². The van der Waals surface area contributed by atoms with Crippen LogP contribution in [0.15, 0.2) is 0 Å². The third-order valence-corrected chi connectivity index (χ3v) is 2.38. The normalized spacial score (nSPS) is 20.5. The molecule has 0 aromatic heterocycles. The van der Waals surface area contributed by atoms with E-state index in [2.05, 4.69) is 32.7 Å². The summed E-state index contributed by atoms with van der Waals surface area (Å²) in [4.78, 5) is 2.39. The zero-order valence-electron chi connectivity index (χ0n) is 8.05. The smallest absolute Gasteiger partial charge is 0.0528 e. The lowest BCUT2D eigenvalue weighted by atomic mass is 10.0. The molecule has 1 aliphatic heterocycles. The van der Waals surface area contributed by atoms with Crippen LogP contribution in [0.3, 0.4) is 0 Å². The number of nitrogens with zero attached hydrogens (tertiary/aromatic N) is 1. The molecule has 0 N–H and O–H groups in total. The van der Waals surface area contributed by atoms with Crippen LogP contribution in [0.4, 0.5) is 0 Å². The van der Waals surface area contributed by atoms with Gasteiger partial charge in [-0.25, -0.2) is 0 Å². The second kappa shape index (κ2) is 3.11. The maximum atomic E-state index is 5.12. The van der Waals surface area contributed by atoms with E-state index in [9.17, 15) is 0 Å². The van der Waals surface area contributed by atoms with E-state index in [-0.39, 0.29) is 0 Å². The summed E-state index contributed by atoms with van der Waals surface area (Å²) in [6.07, 6.45) is 0. The predicted octanol–water partition coefficient (Wildman–Crippen LogP) is 1.36. The molecule has 2 heteroatoms. The van der Waals surface area contributed by atoms with Gasteiger partial charge >= 0.3 is 0 Å². The standard InChI is InChI=1S/C9H19NO/c1-9(2,3)10(4)5-8-6-11-7-8/h8H,5-7H2,1-4H3. The summed E-state index contributed by atoms with van der Waals surface area (Å²) in [7, 11) is 2.18. The molecule has 0 aromatic rings. The van der Waals surface area contributed by atoms with Gasteiger partial charge in [-0.3, -0.25) is 0 Å². The number of rotatable bonds is 2. The van der Waals surface area contributed by atoms with Crippen molar-refractivity contribution in [2.75, 3.05) is 26.8 Å². The molecule has 1 rings (SSSR count). The van der Waals surface area contributed by atoms with Crippen LogP contribution in [0.5, 0.6) is 0 Å². The molecule has 0 bridgehead atoms. The summed E-state index contributed by atoms with van der Waals surface area (Å²) in [5.41, 5.74) is 0.301. The molecule has 1 heterocycles. The highest BCUT2D eigenvalue weighted by molar-refractivity contribution is 4.77. The van der Waals surface area contributed by atoms with Gasteiger partial charge in [0.1, 0.15) is 0 Å². The fourth-order valence-electron chi connectivity index (χ4n) is 1.05. The van der Waals surface area contributed by atoms with Crippen molar-refractivity contribution in [3.63, 3.8) is 0 Å². The summed E-state index contributed by atoms with van der Waals surface area (Å²) in [6, 6.07) is 0. The van der Waals surface area contributed by atoms with Crippen molar-refractivity contribution in [2.24, 2.45) is 5.92 Å². The molecule has 0 spiro atoms. The van der Waals surface area contributed by atoms with Crippen LogP contribution in [0.25, 0.3) is 0 Å². The highest BCUT2D eigenvalue weighted by Gasteiger charge is 2.24. The Labute approximate surface area is 69.5 Å². The quantitative estimate of drug-likeness (QED) is 0.600. The molecule has 0 aliphatic carbocycles. The third-order valence-electron chi connectivity index (χ3n) is 2.38. The first-order chi connectivity index (χ1) is 5.00. The first-order valence-electron chi connectivity index (χ1n) is 4.29. The van der Waals surface area contributed by atoms with E-state index < -0.39 is 0 Å². The summed E-state index contributed by atoms with van der Waals surface area (Å²) < 4.78 is 5.12. The number of hydrogen-bond donors (Lipinski definition) is 0. The van der Waals surface area contributed by atoms with Crippen molar-refractivity contribution in [1.82, 2.24) is 4.90 Å². The maximum Gasteiger partial charge on any atom is 0.0528 e. The van der Waals surface area contributed by atoms with Crippen molar-refractivity contribution in [2.45, 2.75) is 26.3 Å². The second-order valence-corrected chi connectivity index (χ2v) is 4.45. The van der Waals surface area contributed by atoms with Crippen molar-refractivity contribution in [3.8, 4) is 0 Å². The molecule has 0 saturated carbocycles. The minimum absolute atomic E-state index is 0.301. The lowest BCUT2D eigenvalue weighted by Gasteiger charge is -2.37. The largest absolute Gasteiger partial charge is 0.381 e. The summed E-state index contributed by atoms with van der Waals surface area (Å²) >= 11 is 0. The topological polar surface area (TPSA) is 12.5 Å². The Hall–Kier alpha value is -0.0800. The molecular weight excluding hydrogens is 138 g/mol. The van der Waals surface area contributed by atoms with Gasteiger partial charge in [-0.2, -0.15) is 0 Å². The van der Waals surface area contributed by atoms with Gasteiger partial charge < -0.3 is 9.64 Å². The Morgan fingerprint density at radius 1 is 1.36 bits per heavy atom. The minimum atomic E-state index is 0.301. The Balaban J connectivity index is 2.24. The molecule has 66 valence electrons. The molecule has 1 fully saturated rings. The highest BCUT2D eigenvalue weighted by atomic mass is 16.5. The van der Waals surface area contributed by atoms with E-state index in [1.165, 1.54) is 6.54 Å². The molecule has 1 aliphatic rings. The Bertz CT molecular complexity index is 124. The van der Waals surface area contributed by atoms with Gasteiger partial charge in [0.2, 0.25) is 0 Å². The lowest BCUT2D eigenvalue weighted by Crippen LogP contribution is -2.45. The summed E-state index contributed by atoms with van der Waals surface area (Å²) in [6.45, 7) is 9.82. The third kappa shape index (κ3) is 2.46. The predicted molar refractivity (Wildman–Crippen MR) is 46.7 cm³/mol. The molecule has 0 radical (unpaired) electrons. The maximum absolute atomic E-state index is 5.12. The molecule has 11 heavy (non-hydrogen) atoms. The molecular formula is C9H19NO. The molecule has 0 atom stereocenters. The first kappa shape index (κ1) is 9.01. The van der Waals surface area contributed by atoms with E-state index >= 15 is 0 Å². The van der Waals surface area contributed by atoms with Crippen molar-refractivity contribution in [1.29, 1.82) is 0 Å². The van der Waals surface area contributed by atoms with Gasteiger partial charge in [0.15, 0.2) is 0 Å². The Morgan fingerprint density at radius 2 is 1.91 bits per heavy atom. The van der Waals surface area contributed by atoms with Gasteiger partial charge in [0.05, 0.1) is 13.2 Å². The van der Waals surface area contributed by atoms with Crippen LogP contribution in [0.2, 0.25) is 0 Å². The molecule has 0 amide bonds. The van der Waals surface area contributed by atoms with E-state index in [0.29, 0.717) is 5.54 Å². The van der Waals surface area contributed by atoms with Gasteiger partial charge in [-0.15, -0.1) is 0 Å². The van der Waals surface area contributed by atoms with Crippen LogP contribution in [-0.2, 0) is 4.74 Å². The van der Waals surface area contributed by atoms with Gasteiger partial charge in [-0.05, 0) is 27.8 Å². The van der Waals surface area contributed by atoms with Crippen LogP contribution in [0.1, 0.15) is 20.8 Å². The Morgan fingerprint density at radius 3 is 2.18 bits per heavy atom. The zero-order valence-corrected chi connectivity index (χ0v) is 8.05. The summed E-state index contributed by atoms with van der Waals surface area (Å²) in [5, 5.41) is 0. The zero-order chi connectivity index (χ0) is 8.48. The van der Waals surface area contributed by atoms with Crippen LogP contribution in [-0.4, -0.2) is 37.2 Å². The van der Waals surface area contributed by atoms with Crippen molar-refractivity contribution >= 4 is 0 Å². The first-order valence-corrected chi connectivity index (χ1v) is 4.29. The molecule has 1 saturated heterocycles. The fraction of sp³-hybridized carbons (Fsp3) is 1.00. The van der Waals surface area contributed by atoms with Crippen LogP contribution in [0, 0.1) is 5.92 Å². The Kier molecular flexibility index (Phi) is 2.55. The van der Waals surface area contributed by atoms with Crippen molar-refractivity contribution < 1.29 is 4.74 Å². The second-order valence-electron chi connectivity index (χ2n) is 4.45. The van der Waals surface area contributed by atoms with Crippen LogP contribution < -0.4 is 0 Å². The number of ether oxygens (including phenoxy) is 1. The molecule has 0 unspecified atom stereocenters. The number of hydrogen-bond acceptors (Lipinski definition) is 2. The van der Waals surface area contributed by atoms with E-state index in [1.807, 2.05) is 0 Å². The highest BCUT2D eigenvalue weighted by Crippen LogP contribution is 2.17. The lowest BCUT2D eigenvalue weighted by molar-refractivity contribution is -0.0527. The minimum Gasteiger partial charge on any atom is -0.381 e. The average molecular weight is 157 g/mol. The monoisotopic (exact) mass is 157 g/mol. The van der Waals surface area contributed by atoms with E-state index in [0.717, 1.165) is 19.1 Å². The van der Waals surface area contributed by atoms with E-state index in [4.69, 9.17) is 4.74 Å². The van der Waals surface area contributed by atoms with Crippen LogP contribution >= 0.6 is 0 Å². The fourth-order valence-corrected chi connectivity index (χ4v) is 1.05. The molecule has 0 aromatic carbocycles. The molecule has 2 nitrogen and oxygen atoms in total.